The van der Waals surface area contributed by atoms with Crippen molar-refractivity contribution in [2.45, 2.75) is 19.9 Å². The Hall–Kier alpha value is -4.88. The fourth-order valence-corrected chi connectivity index (χ4v) is 6.82. The van der Waals surface area contributed by atoms with Crippen molar-refractivity contribution in [3.05, 3.63) is 139 Å². The van der Waals surface area contributed by atoms with Crippen LogP contribution in [0.4, 0.5) is 0 Å². The fraction of sp³-hybridized carbons (Fsp3) is 0.0769. The quantitative estimate of drug-likeness (QED) is 0.208. The fourth-order valence-electron chi connectivity index (χ4n) is 6.82. The second kappa shape index (κ2) is 9.10. The highest BCUT2D eigenvalue weighted by atomic mass is 15.0. The van der Waals surface area contributed by atoms with E-state index >= 15 is 0 Å². The molecule has 1 aliphatic rings. The standard InChI is InChI=1S/C39H29N/c1-2-40-37-17-9-8-15-35(37)39-29(16-10-18-38(39)40)27-21-19-26(20-22-27)28-23-24-34-32-14-7-6-13-30(32)31-11-4-3-5-12-33(31)36(34)25-28/h3-10,12-25H,2,11H2,1H3. The largest absolute Gasteiger partial charge is 0.341 e. The molecule has 190 valence electrons. The van der Waals surface area contributed by atoms with E-state index in [0.717, 1.165) is 13.0 Å². The topological polar surface area (TPSA) is 4.93 Å². The summed E-state index contributed by atoms with van der Waals surface area (Å²) in [5.74, 6) is 0. The van der Waals surface area contributed by atoms with Crippen LogP contribution in [0.3, 0.4) is 0 Å². The summed E-state index contributed by atoms with van der Waals surface area (Å²) in [5.41, 5.74) is 10.4. The molecule has 7 aromatic rings. The SMILES string of the molecule is CCn1c2ccccc2c2c(-c3ccc(-c4ccc5c(c4)c4c(c6ccccc65)CC=CC=C4)cc3)cccc21. The minimum Gasteiger partial charge on any atom is -0.341 e. The third kappa shape index (κ3) is 3.41. The van der Waals surface area contributed by atoms with E-state index in [-0.39, 0.29) is 0 Å². The average Bonchev–Trinajstić information content (AvgIpc) is 3.15. The normalized spacial score (nSPS) is 12.9. The van der Waals surface area contributed by atoms with Gasteiger partial charge in [0, 0.05) is 28.4 Å². The van der Waals surface area contributed by atoms with E-state index in [4.69, 9.17) is 0 Å². The maximum absolute atomic E-state index is 2.42. The predicted molar refractivity (Wildman–Crippen MR) is 173 cm³/mol. The van der Waals surface area contributed by atoms with Crippen LogP contribution in [-0.2, 0) is 13.0 Å². The molecule has 0 bridgehead atoms. The Morgan fingerprint density at radius 3 is 2.12 bits per heavy atom. The van der Waals surface area contributed by atoms with Gasteiger partial charge in [-0.15, -0.1) is 0 Å². The van der Waals surface area contributed by atoms with Gasteiger partial charge in [-0.1, -0.05) is 115 Å². The molecule has 8 rings (SSSR count). The molecular formula is C39H29N. The van der Waals surface area contributed by atoms with E-state index in [1.165, 1.54) is 76.7 Å². The van der Waals surface area contributed by atoms with E-state index < -0.39 is 0 Å². The summed E-state index contributed by atoms with van der Waals surface area (Å²) in [6.45, 7) is 3.18. The molecule has 0 radical (unpaired) electrons. The molecule has 0 unspecified atom stereocenters. The number of hydrogen-bond acceptors (Lipinski definition) is 0. The lowest BCUT2D eigenvalue weighted by atomic mass is 9.88. The molecular weight excluding hydrogens is 482 g/mol. The van der Waals surface area contributed by atoms with E-state index in [1.54, 1.807) is 0 Å². The van der Waals surface area contributed by atoms with Gasteiger partial charge in [0.15, 0.2) is 0 Å². The molecule has 0 atom stereocenters. The zero-order valence-electron chi connectivity index (χ0n) is 22.6. The van der Waals surface area contributed by atoms with Gasteiger partial charge in [-0.3, -0.25) is 0 Å². The summed E-state index contributed by atoms with van der Waals surface area (Å²) < 4.78 is 2.42. The zero-order valence-corrected chi connectivity index (χ0v) is 22.6. The Balaban J connectivity index is 1.28. The lowest BCUT2D eigenvalue weighted by molar-refractivity contribution is 0.827. The first kappa shape index (κ1) is 23.0. The molecule has 0 spiro atoms. The zero-order chi connectivity index (χ0) is 26.6. The Morgan fingerprint density at radius 2 is 1.27 bits per heavy atom. The molecule has 0 fully saturated rings. The van der Waals surface area contributed by atoms with Crippen molar-refractivity contribution in [1.82, 2.24) is 4.57 Å². The maximum Gasteiger partial charge on any atom is 0.0497 e. The van der Waals surface area contributed by atoms with Gasteiger partial charge in [0.2, 0.25) is 0 Å². The highest BCUT2D eigenvalue weighted by Gasteiger charge is 2.16. The van der Waals surface area contributed by atoms with Crippen LogP contribution in [0.15, 0.2) is 127 Å². The van der Waals surface area contributed by atoms with Crippen LogP contribution in [0, 0.1) is 0 Å². The number of nitrogens with zero attached hydrogens (tertiary/aromatic N) is 1. The third-order valence-corrected chi connectivity index (χ3v) is 8.65. The van der Waals surface area contributed by atoms with Gasteiger partial charge >= 0.3 is 0 Å². The summed E-state index contributed by atoms with van der Waals surface area (Å²) in [6.07, 6.45) is 9.85. The Morgan fingerprint density at radius 1 is 0.575 bits per heavy atom. The van der Waals surface area contributed by atoms with Crippen LogP contribution < -0.4 is 0 Å². The van der Waals surface area contributed by atoms with Crippen molar-refractivity contribution in [1.29, 1.82) is 0 Å². The molecule has 1 heteroatoms. The van der Waals surface area contributed by atoms with Crippen LogP contribution in [-0.4, -0.2) is 4.57 Å². The summed E-state index contributed by atoms with van der Waals surface area (Å²) in [6, 6.07) is 40.5. The number of para-hydroxylation sites is 1. The van der Waals surface area contributed by atoms with E-state index in [1.807, 2.05) is 0 Å². The molecule has 6 aromatic carbocycles. The van der Waals surface area contributed by atoms with Crippen molar-refractivity contribution in [3.63, 3.8) is 0 Å². The first-order valence-electron chi connectivity index (χ1n) is 14.2. The summed E-state index contributed by atoms with van der Waals surface area (Å²) in [5, 5.41) is 8.00. The van der Waals surface area contributed by atoms with Crippen molar-refractivity contribution in [2.24, 2.45) is 0 Å². The number of benzene rings is 6. The second-order valence-electron chi connectivity index (χ2n) is 10.7. The highest BCUT2D eigenvalue weighted by Crippen LogP contribution is 2.39. The molecule has 0 N–H and O–H groups in total. The summed E-state index contributed by atoms with van der Waals surface area (Å²) >= 11 is 0. The van der Waals surface area contributed by atoms with Crippen LogP contribution in [0.1, 0.15) is 18.1 Å². The summed E-state index contributed by atoms with van der Waals surface area (Å²) in [7, 11) is 0. The number of aryl methyl sites for hydroxylation is 1. The van der Waals surface area contributed by atoms with Crippen molar-refractivity contribution in [3.8, 4) is 22.3 Å². The molecule has 40 heavy (non-hydrogen) atoms. The molecule has 0 amide bonds. The minimum atomic E-state index is 0.956. The van der Waals surface area contributed by atoms with Crippen LogP contribution in [0.2, 0.25) is 0 Å². The van der Waals surface area contributed by atoms with Gasteiger partial charge in [0.05, 0.1) is 0 Å². The van der Waals surface area contributed by atoms with Crippen LogP contribution >= 0.6 is 0 Å². The number of hydrogen-bond donors (Lipinski definition) is 0. The van der Waals surface area contributed by atoms with Gasteiger partial charge in [0.25, 0.3) is 0 Å². The third-order valence-electron chi connectivity index (χ3n) is 8.65. The lowest BCUT2D eigenvalue weighted by Gasteiger charge is -2.15. The molecule has 1 aromatic heterocycles. The predicted octanol–water partition coefficient (Wildman–Crippen LogP) is 10.6. The first-order valence-corrected chi connectivity index (χ1v) is 14.2. The lowest BCUT2D eigenvalue weighted by Crippen LogP contribution is -1.93. The van der Waals surface area contributed by atoms with Gasteiger partial charge in [-0.05, 0) is 86.5 Å². The molecule has 0 saturated carbocycles. The number of allylic oxidation sites excluding steroid dienone is 3. The minimum absolute atomic E-state index is 0.956. The van der Waals surface area contributed by atoms with Crippen molar-refractivity contribution >= 4 is 49.4 Å². The second-order valence-corrected chi connectivity index (χ2v) is 10.7. The van der Waals surface area contributed by atoms with Gasteiger partial charge < -0.3 is 4.57 Å². The van der Waals surface area contributed by atoms with Crippen molar-refractivity contribution < 1.29 is 0 Å². The van der Waals surface area contributed by atoms with Crippen LogP contribution in [0.5, 0.6) is 0 Å². The first-order chi connectivity index (χ1) is 19.8. The van der Waals surface area contributed by atoms with Gasteiger partial charge in [0.1, 0.15) is 0 Å². The van der Waals surface area contributed by atoms with E-state index in [2.05, 4.69) is 145 Å². The number of aromatic nitrogens is 1. The smallest absolute Gasteiger partial charge is 0.0497 e. The maximum atomic E-state index is 2.42. The Bertz CT molecular complexity index is 2150. The Labute approximate surface area is 234 Å². The molecule has 1 heterocycles. The highest BCUT2D eigenvalue weighted by molar-refractivity contribution is 6.15. The van der Waals surface area contributed by atoms with Gasteiger partial charge in [-0.2, -0.15) is 0 Å². The molecule has 0 aliphatic heterocycles. The molecule has 0 saturated heterocycles. The summed E-state index contributed by atoms with van der Waals surface area (Å²) in [4.78, 5) is 0. The van der Waals surface area contributed by atoms with Gasteiger partial charge in [-0.25, -0.2) is 0 Å². The monoisotopic (exact) mass is 511 g/mol. The van der Waals surface area contributed by atoms with E-state index in [9.17, 15) is 0 Å². The number of fused-ring (bicyclic) bond motifs is 9. The average molecular weight is 512 g/mol. The number of rotatable bonds is 3. The molecule has 1 nitrogen and oxygen atoms in total. The van der Waals surface area contributed by atoms with E-state index in [0.29, 0.717) is 0 Å². The molecule has 1 aliphatic carbocycles. The van der Waals surface area contributed by atoms with Crippen molar-refractivity contribution in [2.75, 3.05) is 0 Å². The van der Waals surface area contributed by atoms with Crippen LogP contribution in [0.25, 0.3) is 71.7 Å². The Kier molecular flexibility index (Phi) is 5.24.